The summed E-state index contributed by atoms with van der Waals surface area (Å²) in [5, 5.41) is 9.12. The first kappa shape index (κ1) is 24.3. The van der Waals surface area contributed by atoms with Crippen LogP contribution >= 0.6 is 34.2 Å². The highest BCUT2D eigenvalue weighted by atomic mass is 127. The smallest absolute Gasteiger partial charge is 0.416 e. The molecule has 0 heterocycles. The molecule has 0 bridgehead atoms. The molecule has 0 saturated carbocycles. The van der Waals surface area contributed by atoms with Crippen molar-refractivity contribution in [2.45, 2.75) is 19.2 Å². The highest BCUT2D eigenvalue weighted by molar-refractivity contribution is 14.1. The third-order valence-corrected chi connectivity index (χ3v) is 4.71. The van der Waals surface area contributed by atoms with Crippen molar-refractivity contribution in [3.63, 3.8) is 0 Å². The minimum atomic E-state index is -4.43. The molecule has 10 heteroatoms. The lowest BCUT2D eigenvalue weighted by Crippen LogP contribution is -2.16. The molecule has 0 saturated heterocycles. The second-order valence-electron chi connectivity index (χ2n) is 5.98. The van der Waals surface area contributed by atoms with Crippen LogP contribution in [0.5, 0.6) is 17.2 Å². The number of aliphatic hydroxyl groups is 1. The molecule has 5 nitrogen and oxygen atoms in total. The first-order chi connectivity index (χ1) is 14.1. The number of hydrogen-bond donors (Lipinski definition) is 1. The lowest BCUT2D eigenvalue weighted by atomic mass is 10.2. The molecule has 0 aliphatic carbocycles. The van der Waals surface area contributed by atoms with Crippen LogP contribution in [0, 0.1) is 3.57 Å². The van der Waals surface area contributed by atoms with Gasteiger partial charge in [0.2, 0.25) is 0 Å². The van der Waals surface area contributed by atoms with Crippen LogP contribution in [0.25, 0.3) is 0 Å². The topological polar surface area (TPSA) is 65.0 Å². The summed E-state index contributed by atoms with van der Waals surface area (Å²) < 4.78 is 54.6. The summed E-state index contributed by atoms with van der Waals surface area (Å²) in [6.07, 6.45) is -2.48. The number of alkyl halides is 3. The molecule has 0 fully saturated rings. The lowest BCUT2D eigenvalue weighted by Gasteiger charge is -2.13. The highest BCUT2D eigenvalue weighted by Crippen LogP contribution is 2.36. The van der Waals surface area contributed by atoms with E-state index in [2.05, 4.69) is 0 Å². The van der Waals surface area contributed by atoms with Gasteiger partial charge in [0.05, 0.1) is 20.8 Å². The maximum atomic E-state index is 12.8. The molecule has 0 spiro atoms. The van der Waals surface area contributed by atoms with Crippen molar-refractivity contribution in [1.82, 2.24) is 0 Å². The quantitative estimate of drug-likeness (QED) is 0.260. The van der Waals surface area contributed by atoms with Crippen LogP contribution < -0.4 is 9.47 Å². The fourth-order valence-electron chi connectivity index (χ4n) is 2.10. The minimum absolute atomic E-state index is 0.00356. The van der Waals surface area contributed by atoms with Gasteiger partial charge in [0.25, 0.3) is 0 Å². The SMILES string of the molecule is CC(CO)OC(=O)C=CCOc1cc(Oc2ccc(C(F)(F)F)cc2I)ccc1Cl. The Hall–Kier alpha value is -1.98. The molecule has 1 N–H and O–H groups in total. The van der Waals surface area contributed by atoms with Crippen molar-refractivity contribution in [3.05, 3.63) is 62.7 Å². The molecule has 162 valence electrons. The van der Waals surface area contributed by atoms with Gasteiger partial charge in [-0.25, -0.2) is 4.79 Å². The third kappa shape index (κ3) is 7.37. The van der Waals surface area contributed by atoms with E-state index in [9.17, 15) is 18.0 Å². The Kier molecular flexibility index (Phi) is 8.80. The van der Waals surface area contributed by atoms with Crippen LogP contribution in [-0.4, -0.2) is 30.4 Å². The van der Waals surface area contributed by atoms with Crippen molar-refractivity contribution in [1.29, 1.82) is 0 Å². The molecule has 0 aliphatic rings. The van der Waals surface area contributed by atoms with Gasteiger partial charge in [-0.3, -0.25) is 0 Å². The fourth-order valence-corrected chi connectivity index (χ4v) is 2.90. The predicted octanol–water partition coefficient (Wildman–Crippen LogP) is 5.61. The molecule has 0 aliphatic heterocycles. The second-order valence-corrected chi connectivity index (χ2v) is 7.55. The lowest BCUT2D eigenvalue weighted by molar-refractivity contribution is -0.144. The zero-order valence-electron chi connectivity index (χ0n) is 15.6. The van der Waals surface area contributed by atoms with Crippen molar-refractivity contribution >= 4 is 40.2 Å². The van der Waals surface area contributed by atoms with Crippen molar-refractivity contribution < 1.29 is 37.3 Å². The summed E-state index contributed by atoms with van der Waals surface area (Å²) in [5.74, 6) is 0.197. The first-order valence-corrected chi connectivity index (χ1v) is 10.0. The maximum absolute atomic E-state index is 12.8. The number of rotatable bonds is 8. The summed E-state index contributed by atoms with van der Waals surface area (Å²) in [5.41, 5.74) is -0.766. The Balaban J connectivity index is 2.02. The highest BCUT2D eigenvalue weighted by Gasteiger charge is 2.31. The Bertz CT molecular complexity index is 918. The second kappa shape index (κ2) is 10.9. The van der Waals surface area contributed by atoms with E-state index in [1.807, 2.05) is 0 Å². The molecule has 30 heavy (non-hydrogen) atoms. The summed E-state index contributed by atoms with van der Waals surface area (Å²) in [6, 6.07) is 7.71. The van der Waals surface area contributed by atoms with E-state index >= 15 is 0 Å². The van der Waals surface area contributed by atoms with E-state index in [1.165, 1.54) is 24.3 Å². The molecular weight excluding hydrogens is 540 g/mol. The monoisotopic (exact) mass is 556 g/mol. The maximum Gasteiger partial charge on any atom is 0.416 e. The summed E-state index contributed by atoms with van der Waals surface area (Å²) in [7, 11) is 0. The average Bonchev–Trinajstić information content (AvgIpc) is 2.68. The standard InChI is InChI=1S/C20H17ClF3IO5/c1-12(11-26)29-19(27)3-2-8-28-18-10-14(5-6-15(18)21)30-17-7-4-13(9-16(17)25)20(22,23)24/h2-7,9-10,12,26H,8,11H2,1H3. The van der Waals surface area contributed by atoms with E-state index in [0.717, 1.165) is 18.2 Å². The van der Waals surface area contributed by atoms with Crippen LogP contribution in [0.3, 0.4) is 0 Å². The van der Waals surface area contributed by atoms with Gasteiger partial charge in [-0.15, -0.1) is 0 Å². The molecule has 2 rings (SSSR count). The van der Waals surface area contributed by atoms with E-state index in [1.54, 1.807) is 35.6 Å². The van der Waals surface area contributed by atoms with Gasteiger partial charge >= 0.3 is 12.1 Å². The number of esters is 1. The van der Waals surface area contributed by atoms with Gasteiger partial charge in [-0.05, 0) is 65.9 Å². The molecule has 0 amide bonds. The molecular formula is C20H17ClF3IO5. The number of hydrogen-bond acceptors (Lipinski definition) is 5. The van der Waals surface area contributed by atoms with E-state index in [0.29, 0.717) is 9.32 Å². The molecule has 1 atom stereocenters. The largest absolute Gasteiger partial charge is 0.488 e. The number of benzene rings is 2. The predicted molar refractivity (Wildman–Crippen MR) is 113 cm³/mol. The number of carbonyl (C=O) groups excluding carboxylic acids is 1. The Labute approximate surface area is 189 Å². The van der Waals surface area contributed by atoms with Gasteiger partial charge < -0.3 is 19.3 Å². The van der Waals surface area contributed by atoms with Crippen LogP contribution in [0.15, 0.2) is 48.6 Å². The van der Waals surface area contributed by atoms with Crippen LogP contribution in [0.4, 0.5) is 13.2 Å². The first-order valence-electron chi connectivity index (χ1n) is 8.55. The Morgan fingerprint density at radius 3 is 2.60 bits per heavy atom. The molecule has 2 aromatic rings. The average molecular weight is 557 g/mol. The zero-order chi connectivity index (χ0) is 22.3. The van der Waals surface area contributed by atoms with Gasteiger partial charge in [0, 0.05) is 12.1 Å². The molecule has 0 radical (unpaired) electrons. The zero-order valence-corrected chi connectivity index (χ0v) is 18.5. The van der Waals surface area contributed by atoms with E-state index < -0.39 is 23.8 Å². The fraction of sp³-hybridized carbons (Fsp3) is 0.250. The summed E-state index contributed by atoms with van der Waals surface area (Å²) in [4.78, 5) is 11.5. The van der Waals surface area contributed by atoms with Crippen molar-refractivity contribution in [3.8, 4) is 17.2 Å². The Morgan fingerprint density at radius 1 is 1.23 bits per heavy atom. The van der Waals surface area contributed by atoms with Gasteiger partial charge in [-0.1, -0.05) is 11.6 Å². The third-order valence-electron chi connectivity index (χ3n) is 3.55. The number of halogens is 5. The Morgan fingerprint density at radius 2 is 1.97 bits per heavy atom. The van der Waals surface area contributed by atoms with E-state index in [-0.39, 0.29) is 29.7 Å². The van der Waals surface area contributed by atoms with Crippen LogP contribution in [0.1, 0.15) is 12.5 Å². The van der Waals surface area contributed by atoms with Gasteiger partial charge in [0.1, 0.15) is 30.0 Å². The molecule has 1 unspecified atom stereocenters. The number of ether oxygens (including phenoxy) is 3. The normalized spacial score (nSPS) is 12.6. The number of carbonyl (C=O) groups is 1. The van der Waals surface area contributed by atoms with Crippen molar-refractivity contribution in [2.24, 2.45) is 0 Å². The molecule has 2 aromatic carbocycles. The molecule has 0 aromatic heterocycles. The van der Waals surface area contributed by atoms with Gasteiger partial charge in [-0.2, -0.15) is 13.2 Å². The van der Waals surface area contributed by atoms with E-state index in [4.69, 9.17) is 30.9 Å². The minimum Gasteiger partial charge on any atom is -0.488 e. The van der Waals surface area contributed by atoms with Crippen LogP contribution in [-0.2, 0) is 15.7 Å². The van der Waals surface area contributed by atoms with Crippen molar-refractivity contribution in [2.75, 3.05) is 13.2 Å². The summed E-state index contributed by atoms with van der Waals surface area (Å²) in [6.45, 7) is 1.27. The van der Waals surface area contributed by atoms with Crippen LogP contribution in [0.2, 0.25) is 5.02 Å². The number of aliphatic hydroxyl groups excluding tert-OH is 1. The summed E-state index contributed by atoms with van der Waals surface area (Å²) >= 11 is 7.84. The van der Waals surface area contributed by atoms with Gasteiger partial charge in [0.15, 0.2) is 0 Å².